The Morgan fingerprint density at radius 2 is 1.68 bits per heavy atom. The molecule has 0 aromatic heterocycles. The molecule has 5 heteroatoms. The van der Waals surface area contributed by atoms with Gasteiger partial charge in [-0.3, -0.25) is 0 Å². The van der Waals surface area contributed by atoms with Gasteiger partial charge in [0.2, 0.25) is 10.0 Å². The lowest BCUT2D eigenvalue weighted by molar-refractivity contribution is 0.0944. The van der Waals surface area contributed by atoms with Crippen molar-refractivity contribution in [2.45, 2.75) is 43.5 Å². The van der Waals surface area contributed by atoms with E-state index in [9.17, 15) is 8.42 Å². The molecule has 0 saturated carbocycles. The molecule has 2 aliphatic heterocycles. The molecule has 0 amide bonds. The highest BCUT2D eigenvalue weighted by Crippen LogP contribution is 2.26. The Morgan fingerprint density at radius 1 is 1.00 bits per heavy atom. The molecule has 2 saturated heterocycles. The number of likely N-dealkylation sites (tertiary alicyclic amines) is 1. The highest BCUT2D eigenvalue weighted by molar-refractivity contribution is 7.89. The monoisotopic (exact) mass is 322 g/mol. The molecule has 4 nitrogen and oxygen atoms in total. The summed E-state index contributed by atoms with van der Waals surface area (Å²) in [5.74, 6) is 0.778. The minimum Gasteiger partial charge on any atom is -0.300 e. The smallest absolute Gasteiger partial charge is 0.243 e. The fourth-order valence-electron chi connectivity index (χ4n) is 3.75. The van der Waals surface area contributed by atoms with Crippen LogP contribution in [0, 0.1) is 5.92 Å². The number of rotatable bonds is 3. The van der Waals surface area contributed by atoms with Crippen molar-refractivity contribution in [3.63, 3.8) is 0 Å². The Balaban J connectivity index is 1.62. The fraction of sp³-hybridized carbons (Fsp3) is 0.647. The normalized spacial score (nSPS) is 26.1. The van der Waals surface area contributed by atoms with Crippen molar-refractivity contribution >= 4 is 10.0 Å². The van der Waals surface area contributed by atoms with E-state index < -0.39 is 10.0 Å². The van der Waals surface area contributed by atoms with E-state index in [4.69, 9.17) is 0 Å². The van der Waals surface area contributed by atoms with E-state index in [1.807, 2.05) is 6.07 Å². The Labute approximate surface area is 134 Å². The number of hydrogen-bond donors (Lipinski definition) is 0. The van der Waals surface area contributed by atoms with Crippen LogP contribution in [0.15, 0.2) is 35.2 Å². The van der Waals surface area contributed by atoms with Gasteiger partial charge in [0.1, 0.15) is 0 Å². The molecule has 0 N–H and O–H groups in total. The summed E-state index contributed by atoms with van der Waals surface area (Å²) < 4.78 is 26.9. The highest BCUT2D eigenvalue weighted by atomic mass is 32.2. The van der Waals surface area contributed by atoms with Gasteiger partial charge in [-0.2, -0.15) is 4.31 Å². The zero-order valence-corrected chi connectivity index (χ0v) is 14.1. The molecule has 1 aromatic carbocycles. The predicted molar refractivity (Wildman–Crippen MR) is 88.2 cm³/mol. The molecule has 0 unspecified atom stereocenters. The Hall–Kier alpha value is -0.910. The van der Waals surface area contributed by atoms with E-state index >= 15 is 0 Å². The highest BCUT2D eigenvalue weighted by Gasteiger charge is 2.32. The van der Waals surface area contributed by atoms with Gasteiger partial charge < -0.3 is 4.90 Å². The van der Waals surface area contributed by atoms with Crippen LogP contribution in [0.3, 0.4) is 0 Å². The first-order valence-corrected chi connectivity index (χ1v) is 9.80. The fourth-order valence-corrected chi connectivity index (χ4v) is 5.24. The van der Waals surface area contributed by atoms with Crippen LogP contribution in [0.25, 0.3) is 0 Å². The molecule has 22 heavy (non-hydrogen) atoms. The first-order valence-electron chi connectivity index (χ1n) is 8.36. The van der Waals surface area contributed by atoms with E-state index in [0.29, 0.717) is 24.0 Å². The number of piperidine rings is 2. The van der Waals surface area contributed by atoms with Crippen molar-refractivity contribution in [2.24, 2.45) is 5.92 Å². The van der Waals surface area contributed by atoms with Crippen LogP contribution in [-0.2, 0) is 10.0 Å². The third kappa shape index (κ3) is 3.36. The van der Waals surface area contributed by atoms with Crippen LogP contribution in [0.4, 0.5) is 0 Å². The lowest BCUT2D eigenvalue weighted by atomic mass is 9.96. The molecule has 0 bridgehead atoms. The van der Waals surface area contributed by atoms with Gasteiger partial charge >= 0.3 is 0 Å². The van der Waals surface area contributed by atoms with Gasteiger partial charge in [0.25, 0.3) is 0 Å². The Morgan fingerprint density at radius 3 is 2.32 bits per heavy atom. The van der Waals surface area contributed by atoms with Crippen LogP contribution in [0.5, 0.6) is 0 Å². The standard InChI is InChI=1S/C17H26N2O2S/c1-15-6-5-11-18(14-15)16-9-12-19(13-10-16)22(20,21)17-7-3-2-4-8-17/h2-4,7-8,15-16H,5-6,9-14H2,1H3/t15-/m0/s1. The van der Waals surface area contributed by atoms with Crippen LogP contribution >= 0.6 is 0 Å². The number of sulfonamides is 1. The molecule has 2 aliphatic rings. The molecular weight excluding hydrogens is 296 g/mol. The van der Waals surface area contributed by atoms with Crippen LogP contribution in [0.2, 0.25) is 0 Å². The van der Waals surface area contributed by atoms with Crippen molar-refractivity contribution in [3.8, 4) is 0 Å². The van der Waals surface area contributed by atoms with Crippen LogP contribution in [0.1, 0.15) is 32.6 Å². The first-order chi connectivity index (χ1) is 10.6. The summed E-state index contributed by atoms with van der Waals surface area (Å²) in [6.07, 6.45) is 4.53. The molecule has 122 valence electrons. The van der Waals surface area contributed by atoms with Gasteiger partial charge in [0.15, 0.2) is 0 Å². The molecule has 2 heterocycles. The summed E-state index contributed by atoms with van der Waals surface area (Å²) in [5.41, 5.74) is 0. The SMILES string of the molecule is C[C@H]1CCCN(C2CCN(S(=O)(=O)c3ccccc3)CC2)C1. The molecule has 0 radical (unpaired) electrons. The van der Waals surface area contributed by atoms with E-state index in [2.05, 4.69) is 11.8 Å². The third-order valence-corrected chi connectivity index (χ3v) is 6.92. The van der Waals surface area contributed by atoms with E-state index in [-0.39, 0.29) is 0 Å². The maximum absolute atomic E-state index is 12.6. The predicted octanol–water partition coefficient (Wildman–Crippen LogP) is 2.57. The van der Waals surface area contributed by atoms with Crippen molar-refractivity contribution in [1.82, 2.24) is 9.21 Å². The van der Waals surface area contributed by atoms with Crippen molar-refractivity contribution in [2.75, 3.05) is 26.2 Å². The molecule has 1 atom stereocenters. The quantitative estimate of drug-likeness (QED) is 0.859. The summed E-state index contributed by atoms with van der Waals surface area (Å²) in [5, 5.41) is 0. The Bertz CT molecular complexity index is 580. The topological polar surface area (TPSA) is 40.6 Å². The van der Waals surface area contributed by atoms with Gasteiger partial charge in [0, 0.05) is 25.7 Å². The lowest BCUT2D eigenvalue weighted by Crippen LogP contribution is -2.49. The molecule has 3 rings (SSSR count). The van der Waals surface area contributed by atoms with E-state index in [1.165, 1.54) is 25.9 Å². The molecular formula is C17H26N2O2S. The zero-order valence-electron chi connectivity index (χ0n) is 13.3. The Kier molecular flexibility index (Phi) is 4.85. The van der Waals surface area contributed by atoms with E-state index in [0.717, 1.165) is 18.8 Å². The first kappa shape index (κ1) is 16.0. The van der Waals surface area contributed by atoms with Crippen LogP contribution in [-0.4, -0.2) is 49.8 Å². The molecule has 0 spiro atoms. The average molecular weight is 322 g/mol. The average Bonchev–Trinajstić information content (AvgIpc) is 2.56. The second-order valence-electron chi connectivity index (χ2n) is 6.69. The van der Waals surface area contributed by atoms with Gasteiger partial charge in [0.05, 0.1) is 4.90 Å². The van der Waals surface area contributed by atoms with Crippen molar-refractivity contribution in [1.29, 1.82) is 0 Å². The molecule has 1 aromatic rings. The van der Waals surface area contributed by atoms with Gasteiger partial charge in [-0.25, -0.2) is 8.42 Å². The number of benzene rings is 1. The van der Waals surface area contributed by atoms with Crippen LogP contribution < -0.4 is 0 Å². The van der Waals surface area contributed by atoms with Crippen molar-refractivity contribution < 1.29 is 8.42 Å². The maximum Gasteiger partial charge on any atom is 0.243 e. The maximum atomic E-state index is 12.6. The van der Waals surface area contributed by atoms with Gasteiger partial charge in [-0.15, -0.1) is 0 Å². The summed E-state index contributed by atoms with van der Waals surface area (Å²) in [4.78, 5) is 3.00. The summed E-state index contributed by atoms with van der Waals surface area (Å²) in [6, 6.07) is 9.36. The second kappa shape index (κ2) is 6.69. The number of hydrogen-bond acceptors (Lipinski definition) is 3. The zero-order chi connectivity index (χ0) is 15.6. The lowest BCUT2D eigenvalue weighted by Gasteiger charge is -2.41. The summed E-state index contributed by atoms with van der Waals surface area (Å²) >= 11 is 0. The second-order valence-corrected chi connectivity index (χ2v) is 8.63. The van der Waals surface area contributed by atoms with E-state index in [1.54, 1.807) is 28.6 Å². The third-order valence-electron chi connectivity index (χ3n) is 5.01. The van der Waals surface area contributed by atoms with Gasteiger partial charge in [-0.05, 0) is 50.3 Å². The minimum atomic E-state index is -3.31. The largest absolute Gasteiger partial charge is 0.300 e. The molecule has 2 fully saturated rings. The number of nitrogens with zero attached hydrogens (tertiary/aromatic N) is 2. The molecule has 0 aliphatic carbocycles. The minimum absolute atomic E-state index is 0.417. The van der Waals surface area contributed by atoms with Gasteiger partial charge in [-0.1, -0.05) is 25.1 Å². The van der Waals surface area contributed by atoms with Crippen molar-refractivity contribution in [3.05, 3.63) is 30.3 Å². The summed E-state index contributed by atoms with van der Waals surface area (Å²) in [7, 11) is -3.31. The summed E-state index contributed by atoms with van der Waals surface area (Å²) in [6.45, 7) is 5.97.